The number of H-pyrrole nitrogens is 1. The number of aromatic nitrogens is 2. The highest BCUT2D eigenvalue weighted by molar-refractivity contribution is 5.87. The van der Waals surface area contributed by atoms with Crippen LogP contribution in [0.25, 0.3) is 11.0 Å². The monoisotopic (exact) mass is 289 g/mol. The second-order valence-electron chi connectivity index (χ2n) is 5.34. The lowest BCUT2D eigenvalue weighted by Crippen LogP contribution is -2.36. The molecule has 0 fully saturated rings. The van der Waals surface area contributed by atoms with Gasteiger partial charge in [-0.05, 0) is 23.6 Å². The zero-order chi connectivity index (χ0) is 15.2. The third-order valence-corrected chi connectivity index (χ3v) is 3.99. The summed E-state index contributed by atoms with van der Waals surface area (Å²) in [6.07, 6.45) is 5.18. The van der Waals surface area contributed by atoms with E-state index in [1.165, 1.54) is 0 Å². The SMILES string of the molecule is CCC(CC)[C@H](O)CNC(=O)Cc1c[nH]c2ncccc12. The van der Waals surface area contributed by atoms with Crippen LogP contribution in [0.2, 0.25) is 0 Å². The van der Waals surface area contributed by atoms with Gasteiger partial charge in [-0.2, -0.15) is 0 Å². The smallest absolute Gasteiger partial charge is 0.224 e. The molecule has 0 aliphatic heterocycles. The van der Waals surface area contributed by atoms with E-state index >= 15 is 0 Å². The Kier molecular flexibility index (Phi) is 5.33. The molecular formula is C16H23N3O2. The third-order valence-electron chi connectivity index (χ3n) is 3.99. The van der Waals surface area contributed by atoms with Crippen LogP contribution in [-0.2, 0) is 11.2 Å². The Hall–Kier alpha value is -1.88. The minimum atomic E-state index is -0.478. The van der Waals surface area contributed by atoms with Crippen molar-refractivity contribution in [2.45, 2.75) is 39.2 Å². The van der Waals surface area contributed by atoms with Crippen molar-refractivity contribution in [2.75, 3.05) is 6.54 Å². The summed E-state index contributed by atoms with van der Waals surface area (Å²) in [5.74, 6) is 0.160. The van der Waals surface area contributed by atoms with Crippen molar-refractivity contribution in [3.8, 4) is 0 Å². The van der Waals surface area contributed by atoms with Crippen LogP contribution in [0.5, 0.6) is 0 Å². The van der Waals surface area contributed by atoms with E-state index in [9.17, 15) is 9.90 Å². The van der Waals surface area contributed by atoms with Gasteiger partial charge in [0.05, 0.1) is 12.5 Å². The molecule has 2 rings (SSSR count). The highest BCUT2D eigenvalue weighted by Crippen LogP contribution is 2.16. The first-order chi connectivity index (χ1) is 10.2. The number of aromatic amines is 1. The first-order valence-electron chi connectivity index (χ1n) is 7.51. The Labute approximate surface area is 124 Å². The van der Waals surface area contributed by atoms with Crippen LogP contribution in [0.3, 0.4) is 0 Å². The lowest BCUT2D eigenvalue weighted by atomic mass is 9.96. The molecule has 0 aliphatic carbocycles. The van der Waals surface area contributed by atoms with Crippen LogP contribution in [0.1, 0.15) is 32.3 Å². The molecule has 2 aromatic heterocycles. The Morgan fingerprint density at radius 3 is 2.90 bits per heavy atom. The largest absolute Gasteiger partial charge is 0.391 e. The van der Waals surface area contributed by atoms with Crippen LogP contribution in [0, 0.1) is 5.92 Å². The van der Waals surface area contributed by atoms with Crippen molar-refractivity contribution in [3.05, 3.63) is 30.1 Å². The normalized spacial score (nSPS) is 12.8. The second kappa shape index (κ2) is 7.22. The van der Waals surface area contributed by atoms with E-state index < -0.39 is 6.10 Å². The van der Waals surface area contributed by atoms with Crippen LogP contribution in [0.15, 0.2) is 24.5 Å². The molecule has 0 bridgehead atoms. The van der Waals surface area contributed by atoms with Crippen LogP contribution in [-0.4, -0.2) is 33.6 Å². The third kappa shape index (κ3) is 3.82. The summed E-state index contributed by atoms with van der Waals surface area (Å²) in [6, 6.07) is 3.80. The van der Waals surface area contributed by atoms with Gasteiger partial charge >= 0.3 is 0 Å². The maximum Gasteiger partial charge on any atom is 0.224 e. The average Bonchev–Trinajstić information content (AvgIpc) is 2.90. The molecule has 0 aromatic carbocycles. The van der Waals surface area contributed by atoms with Gasteiger partial charge < -0.3 is 15.4 Å². The molecule has 5 heteroatoms. The number of fused-ring (bicyclic) bond motifs is 1. The minimum Gasteiger partial charge on any atom is -0.391 e. The Balaban J connectivity index is 1.90. The van der Waals surface area contributed by atoms with E-state index in [4.69, 9.17) is 0 Å². The summed E-state index contributed by atoms with van der Waals surface area (Å²) in [5, 5.41) is 13.8. The van der Waals surface area contributed by atoms with E-state index in [1.54, 1.807) is 6.20 Å². The predicted molar refractivity (Wildman–Crippen MR) is 82.9 cm³/mol. The molecule has 2 aromatic rings. The van der Waals surface area contributed by atoms with Gasteiger partial charge in [0.2, 0.25) is 5.91 Å². The fourth-order valence-corrected chi connectivity index (χ4v) is 2.61. The molecule has 1 amide bonds. The van der Waals surface area contributed by atoms with Gasteiger partial charge in [-0.1, -0.05) is 26.7 Å². The summed E-state index contributed by atoms with van der Waals surface area (Å²) >= 11 is 0. The van der Waals surface area contributed by atoms with Crippen molar-refractivity contribution in [2.24, 2.45) is 5.92 Å². The van der Waals surface area contributed by atoms with E-state index in [-0.39, 0.29) is 11.8 Å². The summed E-state index contributed by atoms with van der Waals surface area (Å²) in [5.41, 5.74) is 1.71. The average molecular weight is 289 g/mol. The molecular weight excluding hydrogens is 266 g/mol. The number of aliphatic hydroxyl groups excluding tert-OH is 1. The van der Waals surface area contributed by atoms with E-state index in [0.29, 0.717) is 13.0 Å². The molecule has 2 heterocycles. The number of amides is 1. The first-order valence-corrected chi connectivity index (χ1v) is 7.51. The Bertz CT molecular complexity index is 590. The van der Waals surface area contributed by atoms with Gasteiger partial charge in [-0.3, -0.25) is 4.79 Å². The topological polar surface area (TPSA) is 78.0 Å². The number of carbonyl (C=O) groups excluding carboxylic acids is 1. The number of carbonyl (C=O) groups is 1. The number of nitrogens with zero attached hydrogens (tertiary/aromatic N) is 1. The molecule has 0 spiro atoms. The van der Waals surface area contributed by atoms with Crippen molar-refractivity contribution in [1.29, 1.82) is 0 Å². The Morgan fingerprint density at radius 2 is 2.19 bits per heavy atom. The number of hydrogen-bond acceptors (Lipinski definition) is 3. The zero-order valence-electron chi connectivity index (χ0n) is 12.6. The van der Waals surface area contributed by atoms with Crippen molar-refractivity contribution in [3.63, 3.8) is 0 Å². The van der Waals surface area contributed by atoms with Gasteiger partial charge in [0, 0.05) is 24.3 Å². The van der Waals surface area contributed by atoms with Crippen molar-refractivity contribution in [1.82, 2.24) is 15.3 Å². The van der Waals surface area contributed by atoms with Crippen molar-refractivity contribution < 1.29 is 9.90 Å². The molecule has 5 nitrogen and oxygen atoms in total. The molecule has 3 N–H and O–H groups in total. The van der Waals surface area contributed by atoms with Crippen LogP contribution >= 0.6 is 0 Å². The molecule has 0 radical (unpaired) electrons. The molecule has 0 saturated heterocycles. The van der Waals surface area contributed by atoms with Gasteiger partial charge in [0.15, 0.2) is 0 Å². The van der Waals surface area contributed by atoms with Gasteiger partial charge in [0.25, 0.3) is 0 Å². The summed E-state index contributed by atoms with van der Waals surface area (Å²) in [4.78, 5) is 19.3. The van der Waals surface area contributed by atoms with Gasteiger partial charge in [-0.15, -0.1) is 0 Å². The molecule has 1 atom stereocenters. The minimum absolute atomic E-state index is 0.0789. The van der Waals surface area contributed by atoms with Gasteiger partial charge in [-0.25, -0.2) is 4.98 Å². The number of pyridine rings is 1. The van der Waals surface area contributed by atoms with Crippen molar-refractivity contribution >= 4 is 16.9 Å². The first kappa shape index (κ1) is 15.5. The zero-order valence-corrected chi connectivity index (χ0v) is 12.6. The standard InChI is InChI=1S/C16H23N3O2/c1-3-11(4-2)14(20)10-18-15(21)8-12-9-19-16-13(12)6-5-7-17-16/h5-7,9,11,14,20H,3-4,8,10H2,1-2H3,(H,17,19)(H,18,21)/t14-/m1/s1. The molecule has 0 saturated carbocycles. The fraction of sp³-hybridized carbons (Fsp3) is 0.500. The second-order valence-corrected chi connectivity index (χ2v) is 5.34. The van der Waals surface area contributed by atoms with Gasteiger partial charge in [0.1, 0.15) is 5.65 Å². The Morgan fingerprint density at radius 1 is 1.43 bits per heavy atom. The van der Waals surface area contributed by atoms with E-state index in [0.717, 1.165) is 29.4 Å². The summed E-state index contributed by atoms with van der Waals surface area (Å²) < 4.78 is 0. The number of nitrogens with one attached hydrogen (secondary N) is 2. The quantitative estimate of drug-likeness (QED) is 0.729. The molecule has 0 aliphatic rings. The van der Waals surface area contributed by atoms with Crippen LogP contribution in [0.4, 0.5) is 0 Å². The number of hydrogen-bond donors (Lipinski definition) is 3. The lowest BCUT2D eigenvalue weighted by molar-refractivity contribution is -0.121. The van der Waals surface area contributed by atoms with E-state index in [1.807, 2.05) is 18.3 Å². The maximum atomic E-state index is 12.0. The highest BCUT2D eigenvalue weighted by atomic mass is 16.3. The molecule has 114 valence electrons. The predicted octanol–water partition coefficient (Wildman–Crippen LogP) is 2.02. The summed E-state index contributed by atoms with van der Waals surface area (Å²) in [6.45, 7) is 4.42. The summed E-state index contributed by atoms with van der Waals surface area (Å²) in [7, 11) is 0. The highest BCUT2D eigenvalue weighted by Gasteiger charge is 2.16. The number of rotatable bonds is 7. The number of aliphatic hydroxyl groups is 1. The van der Waals surface area contributed by atoms with Crippen LogP contribution < -0.4 is 5.32 Å². The fourth-order valence-electron chi connectivity index (χ4n) is 2.61. The molecule has 21 heavy (non-hydrogen) atoms. The van der Waals surface area contributed by atoms with E-state index in [2.05, 4.69) is 29.1 Å². The lowest BCUT2D eigenvalue weighted by Gasteiger charge is -2.20. The molecule has 0 unspecified atom stereocenters. The maximum absolute atomic E-state index is 12.0.